The lowest BCUT2D eigenvalue weighted by molar-refractivity contribution is 0.343. The van der Waals surface area contributed by atoms with E-state index < -0.39 is 0 Å². The summed E-state index contributed by atoms with van der Waals surface area (Å²) >= 11 is 6.30. The quantitative estimate of drug-likeness (QED) is 0.535. The number of alkyl halides is 1. The van der Waals surface area contributed by atoms with Crippen molar-refractivity contribution in [3.05, 3.63) is 24.0 Å². The fourth-order valence-corrected chi connectivity index (χ4v) is 2.64. The molecule has 4 heteroatoms. The van der Waals surface area contributed by atoms with Gasteiger partial charge >= 0.3 is 0 Å². The van der Waals surface area contributed by atoms with Gasteiger partial charge in [0.2, 0.25) is 0 Å². The number of rotatable bonds is 7. The van der Waals surface area contributed by atoms with Crippen molar-refractivity contribution in [3.63, 3.8) is 0 Å². The maximum absolute atomic E-state index is 6.30. The summed E-state index contributed by atoms with van der Waals surface area (Å²) in [6, 6.07) is 6.09. The van der Waals surface area contributed by atoms with Crippen LogP contribution in [0.2, 0.25) is 0 Å². The first-order valence-electron chi connectivity index (χ1n) is 7.45. The van der Waals surface area contributed by atoms with Crippen molar-refractivity contribution in [1.29, 1.82) is 0 Å². The highest BCUT2D eigenvalue weighted by Gasteiger charge is 2.17. The molecule has 0 N–H and O–H groups in total. The Morgan fingerprint density at radius 1 is 1.30 bits per heavy atom. The van der Waals surface area contributed by atoms with Crippen LogP contribution in [0.4, 0.5) is 0 Å². The molecule has 1 heterocycles. The van der Waals surface area contributed by atoms with Crippen LogP contribution >= 0.6 is 11.6 Å². The van der Waals surface area contributed by atoms with Gasteiger partial charge in [-0.2, -0.15) is 0 Å². The predicted molar refractivity (Wildman–Crippen MR) is 84.7 cm³/mol. The molecule has 0 aliphatic rings. The summed E-state index contributed by atoms with van der Waals surface area (Å²) in [4.78, 5) is 4.72. The molecule has 0 aliphatic heterocycles. The molecule has 0 saturated carbocycles. The lowest BCUT2D eigenvalue weighted by Crippen LogP contribution is -2.04. The van der Waals surface area contributed by atoms with Crippen LogP contribution in [-0.2, 0) is 6.54 Å². The molecule has 0 saturated heterocycles. The van der Waals surface area contributed by atoms with Crippen LogP contribution in [0.3, 0.4) is 0 Å². The topological polar surface area (TPSA) is 27.1 Å². The molecule has 20 heavy (non-hydrogen) atoms. The average molecular weight is 295 g/mol. The molecule has 2 aromatic rings. The van der Waals surface area contributed by atoms with E-state index in [0.29, 0.717) is 6.61 Å². The number of hydrogen-bond donors (Lipinski definition) is 0. The van der Waals surface area contributed by atoms with E-state index in [0.717, 1.165) is 35.6 Å². The third-order valence-electron chi connectivity index (χ3n) is 3.41. The Bertz CT molecular complexity index is 563. The van der Waals surface area contributed by atoms with E-state index in [4.69, 9.17) is 21.3 Å². The fraction of sp³-hybridized carbons (Fsp3) is 0.562. The predicted octanol–water partition coefficient (Wildman–Crippen LogP) is 4.93. The molecule has 0 bridgehead atoms. The van der Waals surface area contributed by atoms with Crippen molar-refractivity contribution in [3.8, 4) is 5.75 Å². The van der Waals surface area contributed by atoms with Crippen molar-refractivity contribution in [2.45, 2.75) is 52.0 Å². The Labute approximate surface area is 125 Å². The number of para-hydroxylation sites is 1. The first kappa shape index (κ1) is 15.2. The number of halogens is 1. The molecule has 1 aromatic heterocycles. The van der Waals surface area contributed by atoms with Crippen LogP contribution in [0.25, 0.3) is 11.0 Å². The second kappa shape index (κ2) is 6.98. The van der Waals surface area contributed by atoms with Crippen LogP contribution in [0.5, 0.6) is 5.75 Å². The second-order valence-corrected chi connectivity index (χ2v) is 5.66. The summed E-state index contributed by atoms with van der Waals surface area (Å²) in [6.07, 6.45) is 3.58. The second-order valence-electron chi connectivity index (χ2n) is 5.00. The van der Waals surface area contributed by atoms with Crippen molar-refractivity contribution >= 4 is 22.6 Å². The van der Waals surface area contributed by atoms with Crippen LogP contribution < -0.4 is 4.74 Å². The molecular formula is C16H23ClN2O. The molecule has 3 nitrogen and oxygen atoms in total. The van der Waals surface area contributed by atoms with Crippen molar-refractivity contribution in [1.82, 2.24) is 9.55 Å². The van der Waals surface area contributed by atoms with Crippen molar-refractivity contribution in [2.24, 2.45) is 0 Å². The number of fused-ring (bicyclic) bond motifs is 1. The Kier molecular flexibility index (Phi) is 5.30. The number of unbranched alkanes of at least 4 members (excludes halogenated alkanes) is 2. The minimum absolute atomic E-state index is 0.0986. The van der Waals surface area contributed by atoms with Gasteiger partial charge < -0.3 is 9.30 Å². The van der Waals surface area contributed by atoms with E-state index in [-0.39, 0.29) is 5.38 Å². The van der Waals surface area contributed by atoms with E-state index in [9.17, 15) is 0 Å². The monoisotopic (exact) mass is 294 g/mol. The first-order valence-corrected chi connectivity index (χ1v) is 7.88. The molecule has 1 aromatic carbocycles. The zero-order chi connectivity index (χ0) is 14.5. The SMILES string of the molecule is CCCCCn1c(C(C)Cl)nc2c(OCC)cccc21. The summed E-state index contributed by atoms with van der Waals surface area (Å²) in [5.41, 5.74) is 2.04. The third-order valence-corrected chi connectivity index (χ3v) is 3.61. The Morgan fingerprint density at radius 3 is 2.75 bits per heavy atom. The Hall–Kier alpha value is -1.22. The highest BCUT2D eigenvalue weighted by Crippen LogP contribution is 2.30. The molecular weight excluding hydrogens is 272 g/mol. The van der Waals surface area contributed by atoms with E-state index in [1.165, 1.54) is 12.8 Å². The van der Waals surface area contributed by atoms with Gasteiger partial charge in [0.15, 0.2) is 0 Å². The normalized spacial score (nSPS) is 12.8. The maximum atomic E-state index is 6.30. The molecule has 0 radical (unpaired) electrons. The number of imidazole rings is 1. The van der Waals surface area contributed by atoms with Gasteiger partial charge in [-0.15, -0.1) is 11.6 Å². The van der Waals surface area contributed by atoms with Crippen molar-refractivity contribution in [2.75, 3.05) is 6.61 Å². The van der Waals surface area contributed by atoms with E-state index in [1.807, 2.05) is 26.0 Å². The van der Waals surface area contributed by atoms with E-state index in [2.05, 4.69) is 17.6 Å². The summed E-state index contributed by atoms with van der Waals surface area (Å²) < 4.78 is 7.92. The van der Waals surface area contributed by atoms with E-state index in [1.54, 1.807) is 0 Å². The first-order chi connectivity index (χ1) is 9.69. The Morgan fingerprint density at radius 2 is 2.10 bits per heavy atom. The van der Waals surface area contributed by atoms with Crippen LogP contribution in [-0.4, -0.2) is 16.2 Å². The molecule has 0 spiro atoms. The van der Waals surface area contributed by atoms with Gasteiger partial charge in [0.1, 0.15) is 17.1 Å². The minimum atomic E-state index is -0.0986. The number of benzene rings is 1. The zero-order valence-electron chi connectivity index (χ0n) is 12.5. The lowest BCUT2D eigenvalue weighted by atomic mass is 10.2. The van der Waals surface area contributed by atoms with Gasteiger partial charge in [-0.25, -0.2) is 4.98 Å². The molecule has 1 atom stereocenters. The molecule has 110 valence electrons. The number of hydrogen-bond acceptors (Lipinski definition) is 2. The zero-order valence-corrected chi connectivity index (χ0v) is 13.3. The molecule has 2 rings (SSSR count). The van der Waals surface area contributed by atoms with Crippen LogP contribution in [0.1, 0.15) is 51.2 Å². The maximum Gasteiger partial charge on any atom is 0.147 e. The Balaban J connectivity index is 2.46. The number of aromatic nitrogens is 2. The average Bonchev–Trinajstić information content (AvgIpc) is 2.80. The van der Waals surface area contributed by atoms with Gasteiger partial charge in [0, 0.05) is 6.54 Å². The van der Waals surface area contributed by atoms with Gasteiger partial charge in [-0.05, 0) is 32.4 Å². The summed E-state index contributed by atoms with van der Waals surface area (Å²) in [6.45, 7) is 7.78. The van der Waals surface area contributed by atoms with Gasteiger partial charge in [0.25, 0.3) is 0 Å². The van der Waals surface area contributed by atoms with Gasteiger partial charge in [-0.3, -0.25) is 0 Å². The largest absolute Gasteiger partial charge is 0.492 e. The van der Waals surface area contributed by atoms with Crippen molar-refractivity contribution < 1.29 is 4.74 Å². The third kappa shape index (κ3) is 3.09. The molecule has 0 fully saturated rings. The molecule has 1 unspecified atom stereocenters. The number of nitrogens with zero attached hydrogens (tertiary/aromatic N) is 2. The fourth-order valence-electron chi connectivity index (χ4n) is 2.47. The summed E-state index contributed by atoms with van der Waals surface area (Å²) in [5.74, 6) is 1.78. The standard InChI is InChI=1S/C16H23ClN2O/c1-4-6-7-11-19-13-9-8-10-14(20-5-2)15(13)18-16(19)12(3)17/h8-10,12H,4-7,11H2,1-3H3. The van der Waals surface area contributed by atoms with E-state index >= 15 is 0 Å². The molecule has 0 aliphatic carbocycles. The van der Waals surface area contributed by atoms with Gasteiger partial charge in [-0.1, -0.05) is 25.8 Å². The minimum Gasteiger partial charge on any atom is -0.492 e. The highest BCUT2D eigenvalue weighted by molar-refractivity contribution is 6.20. The van der Waals surface area contributed by atoms with Crippen LogP contribution in [0.15, 0.2) is 18.2 Å². The summed E-state index contributed by atoms with van der Waals surface area (Å²) in [5, 5.41) is -0.0986. The van der Waals surface area contributed by atoms with Crippen LogP contribution in [0, 0.1) is 0 Å². The smallest absolute Gasteiger partial charge is 0.147 e. The number of aryl methyl sites for hydroxylation is 1. The van der Waals surface area contributed by atoms with Gasteiger partial charge in [0.05, 0.1) is 17.5 Å². The highest BCUT2D eigenvalue weighted by atomic mass is 35.5. The lowest BCUT2D eigenvalue weighted by Gasteiger charge is -2.10. The molecule has 0 amide bonds. The summed E-state index contributed by atoms with van der Waals surface area (Å²) in [7, 11) is 0. The number of ether oxygens (including phenoxy) is 1.